The highest BCUT2D eigenvalue weighted by molar-refractivity contribution is 7.98. The van der Waals surface area contributed by atoms with Crippen LogP contribution < -0.4 is 4.74 Å². The van der Waals surface area contributed by atoms with E-state index in [-0.39, 0.29) is 0 Å². The molecule has 2 aromatic heterocycles. The van der Waals surface area contributed by atoms with E-state index in [1.807, 2.05) is 59.2 Å². The van der Waals surface area contributed by atoms with Gasteiger partial charge in [-0.15, -0.1) is 10.2 Å². The molecule has 0 bridgehead atoms. The molecule has 0 aliphatic rings. The van der Waals surface area contributed by atoms with Crippen LogP contribution in [0, 0.1) is 6.92 Å². The molecule has 4 aromatic rings. The highest BCUT2D eigenvalue weighted by Crippen LogP contribution is 2.30. The number of para-hydroxylation sites is 1. The molecule has 0 fully saturated rings. The van der Waals surface area contributed by atoms with Crippen LogP contribution in [0.1, 0.15) is 11.7 Å². The molecule has 4 rings (SSSR count). The van der Waals surface area contributed by atoms with Crippen molar-refractivity contribution in [1.29, 1.82) is 0 Å². The molecule has 27 heavy (non-hydrogen) atoms. The lowest BCUT2D eigenvalue weighted by molar-refractivity contribution is 0.387. The van der Waals surface area contributed by atoms with Crippen molar-refractivity contribution in [2.24, 2.45) is 0 Å². The van der Waals surface area contributed by atoms with Crippen LogP contribution in [0.25, 0.3) is 17.1 Å². The van der Waals surface area contributed by atoms with E-state index in [4.69, 9.17) is 9.26 Å². The molecule has 8 heteroatoms. The first-order chi connectivity index (χ1) is 13.2. The van der Waals surface area contributed by atoms with Crippen molar-refractivity contribution in [3.05, 3.63) is 66.3 Å². The van der Waals surface area contributed by atoms with Crippen LogP contribution in [0.15, 0.2) is 64.3 Å². The maximum atomic E-state index is 5.35. The van der Waals surface area contributed by atoms with Gasteiger partial charge in [0.2, 0.25) is 5.89 Å². The number of rotatable bonds is 6. The molecule has 0 saturated heterocycles. The summed E-state index contributed by atoms with van der Waals surface area (Å²) in [6.07, 6.45) is 0. The van der Waals surface area contributed by atoms with Gasteiger partial charge in [-0.2, -0.15) is 4.98 Å². The highest BCUT2D eigenvalue weighted by Gasteiger charge is 2.17. The Morgan fingerprint density at radius 3 is 2.67 bits per heavy atom. The van der Waals surface area contributed by atoms with Crippen molar-refractivity contribution in [3.63, 3.8) is 0 Å². The molecule has 136 valence electrons. The SMILES string of the molecule is COc1cccc(-c2nnc(SCc3nc(C)no3)n2-c2ccccc2)c1. The lowest BCUT2D eigenvalue weighted by Gasteiger charge is -2.10. The minimum atomic E-state index is 0.518. The van der Waals surface area contributed by atoms with E-state index < -0.39 is 0 Å². The minimum Gasteiger partial charge on any atom is -0.497 e. The van der Waals surface area contributed by atoms with Crippen molar-refractivity contribution in [2.45, 2.75) is 17.8 Å². The molecular formula is C19H17N5O2S. The molecule has 0 unspecified atom stereocenters. The largest absolute Gasteiger partial charge is 0.497 e. The Labute approximate surface area is 160 Å². The molecule has 0 aliphatic heterocycles. The molecule has 0 N–H and O–H groups in total. The lowest BCUT2D eigenvalue weighted by Crippen LogP contribution is -2.00. The Hall–Kier alpha value is -3.13. The Kier molecular flexibility index (Phi) is 4.88. The summed E-state index contributed by atoms with van der Waals surface area (Å²) in [4.78, 5) is 4.24. The number of aromatic nitrogens is 5. The third kappa shape index (κ3) is 3.70. The molecule has 0 amide bonds. The normalized spacial score (nSPS) is 10.9. The van der Waals surface area contributed by atoms with Gasteiger partial charge in [0, 0.05) is 11.3 Å². The number of aryl methyl sites for hydroxylation is 1. The highest BCUT2D eigenvalue weighted by atomic mass is 32.2. The second-order valence-corrected chi connectivity index (χ2v) is 6.68. The minimum absolute atomic E-state index is 0.518. The molecule has 0 aliphatic carbocycles. The van der Waals surface area contributed by atoms with Gasteiger partial charge in [-0.25, -0.2) is 0 Å². The maximum absolute atomic E-state index is 5.35. The average Bonchev–Trinajstić information content (AvgIpc) is 3.33. The number of hydrogen-bond donors (Lipinski definition) is 0. The molecular weight excluding hydrogens is 362 g/mol. The van der Waals surface area contributed by atoms with Crippen LogP contribution in [-0.2, 0) is 5.75 Å². The van der Waals surface area contributed by atoms with Gasteiger partial charge >= 0.3 is 0 Å². The first-order valence-corrected chi connectivity index (χ1v) is 9.30. The second-order valence-electron chi connectivity index (χ2n) is 5.73. The lowest BCUT2D eigenvalue weighted by atomic mass is 10.2. The number of methoxy groups -OCH3 is 1. The molecule has 0 atom stereocenters. The van der Waals surface area contributed by atoms with Gasteiger partial charge in [0.05, 0.1) is 12.9 Å². The quantitative estimate of drug-likeness (QED) is 0.470. The zero-order valence-corrected chi connectivity index (χ0v) is 15.7. The Morgan fingerprint density at radius 1 is 1.07 bits per heavy atom. The van der Waals surface area contributed by atoms with Crippen LogP contribution in [-0.4, -0.2) is 32.0 Å². The summed E-state index contributed by atoms with van der Waals surface area (Å²) in [7, 11) is 1.65. The van der Waals surface area contributed by atoms with E-state index in [0.29, 0.717) is 17.5 Å². The van der Waals surface area contributed by atoms with Gasteiger partial charge in [0.1, 0.15) is 5.75 Å². The fourth-order valence-electron chi connectivity index (χ4n) is 2.65. The van der Waals surface area contributed by atoms with E-state index >= 15 is 0 Å². The maximum Gasteiger partial charge on any atom is 0.237 e. The summed E-state index contributed by atoms with van der Waals surface area (Å²) in [6, 6.07) is 17.8. The average molecular weight is 379 g/mol. The Balaban J connectivity index is 1.74. The first-order valence-electron chi connectivity index (χ1n) is 8.32. The molecule has 2 aromatic carbocycles. The van der Waals surface area contributed by atoms with E-state index in [2.05, 4.69) is 20.3 Å². The van der Waals surface area contributed by atoms with Crippen molar-refractivity contribution in [3.8, 4) is 22.8 Å². The summed E-state index contributed by atoms with van der Waals surface area (Å²) in [6.45, 7) is 1.80. The van der Waals surface area contributed by atoms with Gasteiger partial charge in [0.15, 0.2) is 16.8 Å². The van der Waals surface area contributed by atoms with Crippen molar-refractivity contribution >= 4 is 11.8 Å². The smallest absolute Gasteiger partial charge is 0.237 e. The standard InChI is InChI=1S/C19H17N5O2S/c1-13-20-17(26-23-13)12-27-19-22-21-18(14-7-6-10-16(11-14)25-2)24(19)15-8-4-3-5-9-15/h3-11H,12H2,1-2H3. The summed E-state index contributed by atoms with van der Waals surface area (Å²) >= 11 is 1.50. The fourth-order valence-corrected chi connectivity index (χ4v) is 3.44. The second kappa shape index (κ2) is 7.63. The van der Waals surface area contributed by atoms with Gasteiger partial charge in [-0.3, -0.25) is 4.57 Å². The molecule has 2 heterocycles. The predicted octanol–water partition coefficient (Wildman–Crippen LogP) is 3.93. The predicted molar refractivity (Wildman–Crippen MR) is 102 cm³/mol. The van der Waals surface area contributed by atoms with Crippen molar-refractivity contribution < 1.29 is 9.26 Å². The van der Waals surface area contributed by atoms with Gasteiger partial charge in [-0.05, 0) is 31.2 Å². The topological polar surface area (TPSA) is 78.9 Å². The number of nitrogens with zero attached hydrogens (tertiary/aromatic N) is 5. The van der Waals surface area contributed by atoms with E-state index in [9.17, 15) is 0 Å². The Bertz CT molecular complexity index is 1050. The van der Waals surface area contributed by atoms with Crippen LogP contribution in [0.2, 0.25) is 0 Å². The van der Waals surface area contributed by atoms with E-state index in [1.165, 1.54) is 11.8 Å². The third-order valence-corrected chi connectivity index (χ3v) is 4.78. The number of ether oxygens (including phenoxy) is 1. The summed E-state index contributed by atoms with van der Waals surface area (Å²) in [5.74, 6) is 3.20. The molecule has 7 nitrogen and oxygen atoms in total. The van der Waals surface area contributed by atoms with Crippen LogP contribution in [0.5, 0.6) is 5.75 Å². The molecule has 0 radical (unpaired) electrons. The summed E-state index contributed by atoms with van der Waals surface area (Å²) in [5, 5.41) is 13.4. The van der Waals surface area contributed by atoms with E-state index in [1.54, 1.807) is 14.0 Å². The molecule has 0 spiro atoms. The fraction of sp³-hybridized carbons (Fsp3) is 0.158. The molecule has 0 saturated carbocycles. The van der Waals surface area contributed by atoms with Gasteiger partial charge in [-0.1, -0.05) is 47.3 Å². The van der Waals surface area contributed by atoms with Gasteiger partial charge in [0.25, 0.3) is 0 Å². The number of benzene rings is 2. The third-order valence-electron chi connectivity index (χ3n) is 3.87. The van der Waals surface area contributed by atoms with Crippen LogP contribution in [0.4, 0.5) is 0 Å². The zero-order valence-electron chi connectivity index (χ0n) is 14.9. The van der Waals surface area contributed by atoms with Crippen molar-refractivity contribution in [2.75, 3.05) is 7.11 Å². The number of hydrogen-bond acceptors (Lipinski definition) is 7. The van der Waals surface area contributed by atoms with Crippen LogP contribution in [0.3, 0.4) is 0 Å². The number of thioether (sulfide) groups is 1. The summed E-state index contributed by atoms with van der Waals surface area (Å²) < 4.78 is 12.6. The van der Waals surface area contributed by atoms with Crippen molar-refractivity contribution in [1.82, 2.24) is 24.9 Å². The van der Waals surface area contributed by atoms with E-state index in [0.717, 1.165) is 28.0 Å². The first kappa shape index (κ1) is 17.3. The monoisotopic (exact) mass is 379 g/mol. The van der Waals surface area contributed by atoms with Crippen LogP contribution >= 0.6 is 11.8 Å². The summed E-state index contributed by atoms with van der Waals surface area (Å²) in [5.41, 5.74) is 1.90. The van der Waals surface area contributed by atoms with Gasteiger partial charge < -0.3 is 9.26 Å². The Morgan fingerprint density at radius 2 is 1.93 bits per heavy atom. The zero-order chi connectivity index (χ0) is 18.6.